The van der Waals surface area contributed by atoms with Crippen molar-refractivity contribution in [3.05, 3.63) is 58.1 Å². The van der Waals surface area contributed by atoms with Gasteiger partial charge >= 0.3 is 0 Å². The summed E-state index contributed by atoms with van der Waals surface area (Å²) in [5, 5.41) is 3.47. The molecule has 0 unspecified atom stereocenters. The van der Waals surface area contributed by atoms with Crippen LogP contribution in [0, 0.1) is 13.8 Å². The molecule has 1 heterocycles. The van der Waals surface area contributed by atoms with E-state index in [4.69, 9.17) is 16.3 Å². The first-order chi connectivity index (χ1) is 12.3. The van der Waals surface area contributed by atoms with Gasteiger partial charge in [-0.05, 0) is 54.8 Å². The Balaban J connectivity index is 1.59. The van der Waals surface area contributed by atoms with E-state index in [0.29, 0.717) is 17.2 Å². The number of fused-ring (bicyclic) bond motifs is 1. The topological polar surface area (TPSA) is 58.6 Å². The average molecular weight is 373 g/mol. The van der Waals surface area contributed by atoms with Crippen molar-refractivity contribution in [2.45, 2.75) is 26.4 Å². The molecule has 1 aliphatic rings. The molecule has 1 atom stereocenters. The fourth-order valence-electron chi connectivity index (χ4n) is 2.97. The molecule has 0 saturated heterocycles. The predicted octanol–water partition coefficient (Wildman–Crippen LogP) is 3.36. The number of aryl methyl sites for hydroxylation is 1. The number of amides is 2. The minimum atomic E-state index is -0.623. The summed E-state index contributed by atoms with van der Waals surface area (Å²) in [6, 6.07) is 11.0. The van der Waals surface area contributed by atoms with Crippen molar-refractivity contribution in [3.63, 3.8) is 0 Å². The Kier molecular flexibility index (Phi) is 5.18. The largest absolute Gasteiger partial charge is 0.480 e. The van der Waals surface area contributed by atoms with Crippen LogP contribution in [0.3, 0.4) is 0 Å². The van der Waals surface area contributed by atoms with E-state index >= 15 is 0 Å². The van der Waals surface area contributed by atoms with Gasteiger partial charge in [0, 0.05) is 24.2 Å². The third-order valence-corrected chi connectivity index (χ3v) is 4.84. The minimum Gasteiger partial charge on any atom is -0.480 e. The fourth-order valence-corrected chi connectivity index (χ4v) is 3.16. The van der Waals surface area contributed by atoms with E-state index in [2.05, 4.69) is 5.32 Å². The first-order valence-corrected chi connectivity index (χ1v) is 8.79. The van der Waals surface area contributed by atoms with Gasteiger partial charge in [0.25, 0.3) is 5.91 Å². The lowest BCUT2D eigenvalue weighted by Gasteiger charge is -2.20. The van der Waals surface area contributed by atoms with Gasteiger partial charge in [-0.25, -0.2) is 0 Å². The smallest absolute Gasteiger partial charge is 0.264 e. The molecule has 0 saturated carbocycles. The van der Waals surface area contributed by atoms with Gasteiger partial charge in [-0.15, -0.1) is 0 Å². The molecule has 1 aliphatic heterocycles. The van der Waals surface area contributed by atoms with Crippen LogP contribution >= 0.6 is 11.6 Å². The third kappa shape index (κ3) is 3.83. The number of carbonyl (C=O) groups excluding carboxylic acids is 2. The molecule has 0 radical (unpaired) electrons. The van der Waals surface area contributed by atoms with Gasteiger partial charge in [0.15, 0.2) is 6.10 Å². The van der Waals surface area contributed by atoms with E-state index in [9.17, 15) is 9.59 Å². The zero-order valence-electron chi connectivity index (χ0n) is 15.0. The van der Waals surface area contributed by atoms with Crippen molar-refractivity contribution < 1.29 is 14.3 Å². The standard InChI is InChI=1S/C20H21ClN2O3/c1-12-5-4-6-16(13(12)2)22-19(24)11-23(3)20(25)18-10-14-9-15(21)7-8-17(14)26-18/h4-9,18H,10-11H2,1-3H3,(H,22,24)/t18-/m0/s1. The summed E-state index contributed by atoms with van der Waals surface area (Å²) in [7, 11) is 1.60. The molecule has 6 heteroatoms. The summed E-state index contributed by atoms with van der Waals surface area (Å²) >= 11 is 5.98. The molecular formula is C20H21ClN2O3. The highest BCUT2D eigenvalue weighted by molar-refractivity contribution is 6.30. The highest BCUT2D eigenvalue weighted by Crippen LogP contribution is 2.31. The lowest BCUT2D eigenvalue weighted by molar-refractivity contribution is -0.139. The Bertz CT molecular complexity index is 866. The summed E-state index contributed by atoms with van der Waals surface area (Å²) < 4.78 is 5.70. The van der Waals surface area contributed by atoms with Crippen LogP contribution in [0.5, 0.6) is 5.75 Å². The van der Waals surface area contributed by atoms with Crippen LogP contribution in [0.1, 0.15) is 16.7 Å². The maximum absolute atomic E-state index is 12.6. The van der Waals surface area contributed by atoms with E-state index in [-0.39, 0.29) is 18.4 Å². The number of hydrogen-bond donors (Lipinski definition) is 1. The minimum absolute atomic E-state index is 0.0385. The van der Waals surface area contributed by atoms with Gasteiger partial charge in [-0.2, -0.15) is 0 Å². The Morgan fingerprint density at radius 3 is 2.81 bits per heavy atom. The molecule has 2 aromatic rings. The molecule has 1 N–H and O–H groups in total. The fraction of sp³-hybridized carbons (Fsp3) is 0.300. The Labute approximate surface area is 157 Å². The lowest BCUT2D eigenvalue weighted by atomic mass is 10.1. The number of likely N-dealkylation sites (N-methyl/N-ethyl adjacent to an activating group) is 1. The van der Waals surface area contributed by atoms with E-state index in [0.717, 1.165) is 22.4 Å². The van der Waals surface area contributed by atoms with Gasteiger partial charge in [0.05, 0.1) is 6.54 Å². The van der Waals surface area contributed by atoms with Crippen molar-refractivity contribution in [1.29, 1.82) is 0 Å². The van der Waals surface area contributed by atoms with Crippen LogP contribution in [0.4, 0.5) is 5.69 Å². The molecule has 0 spiro atoms. The molecule has 26 heavy (non-hydrogen) atoms. The van der Waals surface area contributed by atoms with Gasteiger partial charge in [-0.3, -0.25) is 9.59 Å². The average Bonchev–Trinajstić information content (AvgIpc) is 3.01. The van der Waals surface area contributed by atoms with E-state index < -0.39 is 6.10 Å². The number of ether oxygens (including phenoxy) is 1. The highest BCUT2D eigenvalue weighted by Gasteiger charge is 2.31. The number of rotatable bonds is 4. The molecule has 0 bridgehead atoms. The first kappa shape index (κ1) is 18.3. The highest BCUT2D eigenvalue weighted by atomic mass is 35.5. The molecule has 3 rings (SSSR count). The maximum atomic E-state index is 12.6. The molecule has 5 nitrogen and oxygen atoms in total. The number of carbonyl (C=O) groups is 2. The second-order valence-corrected chi connectivity index (χ2v) is 6.99. The third-order valence-electron chi connectivity index (χ3n) is 4.61. The Hall–Kier alpha value is -2.53. The maximum Gasteiger partial charge on any atom is 0.264 e. The summed E-state index contributed by atoms with van der Waals surface area (Å²) in [6.07, 6.45) is -0.167. The van der Waals surface area contributed by atoms with Gasteiger partial charge in [0.1, 0.15) is 5.75 Å². The van der Waals surface area contributed by atoms with Gasteiger partial charge < -0.3 is 15.0 Å². The SMILES string of the molecule is Cc1cccc(NC(=O)CN(C)C(=O)[C@@H]2Cc3cc(Cl)ccc3O2)c1C. The second kappa shape index (κ2) is 7.38. The molecule has 2 aromatic carbocycles. The number of nitrogens with zero attached hydrogens (tertiary/aromatic N) is 1. The number of halogens is 1. The Morgan fingerprint density at radius 1 is 1.27 bits per heavy atom. The van der Waals surface area contributed by atoms with Gasteiger partial charge in [-0.1, -0.05) is 23.7 Å². The van der Waals surface area contributed by atoms with Gasteiger partial charge in [0.2, 0.25) is 5.91 Å². The van der Waals surface area contributed by atoms with E-state index in [1.165, 1.54) is 4.90 Å². The van der Waals surface area contributed by atoms with Crippen LogP contribution < -0.4 is 10.1 Å². The summed E-state index contributed by atoms with van der Waals surface area (Å²) in [5.74, 6) is 0.197. The van der Waals surface area contributed by atoms with Crippen molar-refractivity contribution in [1.82, 2.24) is 4.90 Å². The van der Waals surface area contributed by atoms with Crippen LogP contribution in [-0.2, 0) is 16.0 Å². The number of benzene rings is 2. The van der Waals surface area contributed by atoms with Crippen LogP contribution in [0.2, 0.25) is 5.02 Å². The monoisotopic (exact) mass is 372 g/mol. The molecule has 0 aliphatic carbocycles. The summed E-state index contributed by atoms with van der Waals surface area (Å²) in [5.41, 5.74) is 3.78. The summed E-state index contributed by atoms with van der Waals surface area (Å²) in [4.78, 5) is 26.3. The van der Waals surface area contributed by atoms with E-state index in [1.54, 1.807) is 25.2 Å². The van der Waals surface area contributed by atoms with Crippen molar-refractivity contribution >= 4 is 29.1 Å². The molecular weight excluding hydrogens is 352 g/mol. The normalized spacial score (nSPS) is 15.2. The molecule has 2 amide bonds. The Morgan fingerprint density at radius 2 is 2.04 bits per heavy atom. The number of anilines is 1. The van der Waals surface area contributed by atoms with Crippen molar-refractivity contribution in [2.24, 2.45) is 0 Å². The lowest BCUT2D eigenvalue weighted by Crippen LogP contribution is -2.42. The molecule has 0 fully saturated rings. The quantitative estimate of drug-likeness (QED) is 0.895. The van der Waals surface area contributed by atoms with Crippen LogP contribution in [0.25, 0.3) is 0 Å². The molecule has 0 aromatic heterocycles. The number of nitrogens with one attached hydrogen (secondary N) is 1. The van der Waals surface area contributed by atoms with E-state index in [1.807, 2.05) is 32.0 Å². The van der Waals surface area contributed by atoms with Crippen molar-refractivity contribution in [3.8, 4) is 5.75 Å². The van der Waals surface area contributed by atoms with Crippen LogP contribution in [0.15, 0.2) is 36.4 Å². The second-order valence-electron chi connectivity index (χ2n) is 6.55. The van der Waals surface area contributed by atoms with Crippen molar-refractivity contribution in [2.75, 3.05) is 18.9 Å². The zero-order valence-corrected chi connectivity index (χ0v) is 15.8. The van der Waals surface area contributed by atoms with Crippen LogP contribution in [-0.4, -0.2) is 36.4 Å². The summed E-state index contributed by atoms with van der Waals surface area (Å²) in [6.45, 7) is 3.90. The number of hydrogen-bond acceptors (Lipinski definition) is 3. The molecule has 136 valence electrons. The first-order valence-electron chi connectivity index (χ1n) is 8.41. The zero-order chi connectivity index (χ0) is 18.8. The predicted molar refractivity (Wildman–Crippen MR) is 102 cm³/mol.